The summed E-state index contributed by atoms with van der Waals surface area (Å²) in [7, 11) is 1.94. The SMILES string of the molecule is CCOc1cncc(C(NC)C(CC)OCC)c1. The number of hydrogen-bond acceptors (Lipinski definition) is 4. The van der Waals surface area contributed by atoms with Crippen LogP contribution in [-0.4, -0.2) is 31.3 Å². The van der Waals surface area contributed by atoms with Crippen molar-refractivity contribution in [1.82, 2.24) is 10.3 Å². The second-order valence-corrected chi connectivity index (χ2v) is 4.06. The molecule has 0 radical (unpaired) electrons. The number of nitrogens with one attached hydrogen (secondary N) is 1. The first-order chi connectivity index (χ1) is 8.76. The highest BCUT2D eigenvalue weighted by atomic mass is 16.5. The number of pyridine rings is 1. The fraction of sp³-hybridized carbons (Fsp3) is 0.643. The summed E-state index contributed by atoms with van der Waals surface area (Å²) in [4.78, 5) is 4.23. The van der Waals surface area contributed by atoms with Crippen molar-refractivity contribution >= 4 is 0 Å². The zero-order valence-corrected chi connectivity index (χ0v) is 11.8. The smallest absolute Gasteiger partial charge is 0.137 e. The zero-order chi connectivity index (χ0) is 13.4. The van der Waals surface area contributed by atoms with Gasteiger partial charge in [0, 0.05) is 12.8 Å². The molecule has 102 valence electrons. The fourth-order valence-electron chi connectivity index (χ4n) is 2.08. The van der Waals surface area contributed by atoms with E-state index in [2.05, 4.69) is 17.2 Å². The van der Waals surface area contributed by atoms with Crippen molar-refractivity contribution in [2.75, 3.05) is 20.3 Å². The topological polar surface area (TPSA) is 43.4 Å². The molecule has 1 N–H and O–H groups in total. The third-order valence-electron chi connectivity index (χ3n) is 2.87. The standard InChI is InChI=1S/C14H24N2O2/c1-5-13(18-7-3)14(15-4)11-8-12(17-6-2)10-16-9-11/h8-10,13-15H,5-7H2,1-4H3. The van der Waals surface area contributed by atoms with Crippen LogP contribution in [0.3, 0.4) is 0 Å². The second kappa shape index (κ2) is 8.06. The quantitative estimate of drug-likeness (QED) is 0.772. The predicted molar refractivity (Wildman–Crippen MR) is 72.9 cm³/mol. The molecule has 18 heavy (non-hydrogen) atoms. The number of rotatable bonds is 8. The van der Waals surface area contributed by atoms with Crippen molar-refractivity contribution < 1.29 is 9.47 Å². The highest BCUT2D eigenvalue weighted by Crippen LogP contribution is 2.23. The molecule has 2 atom stereocenters. The predicted octanol–water partition coefficient (Wildman–Crippen LogP) is 2.56. The van der Waals surface area contributed by atoms with Gasteiger partial charge in [0.2, 0.25) is 0 Å². The molecule has 4 nitrogen and oxygen atoms in total. The summed E-state index contributed by atoms with van der Waals surface area (Å²) in [6.07, 6.45) is 4.71. The Morgan fingerprint density at radius 1 is 1.22 bits per heavy atom. The summed E-state index contributed by atoms with van der Waals surface area (Å²) in [6.45, 7) is 7.49. The summed E-state index contributed by atoms with van der Waals surface area (Å²) in [5, 5.41) is 3.30. The molecule has 0 aliphatic heterocycles. The van der Waals surface area contributed by atoms with Crippen LogP contribution in [0.2, 0.25) is 0 Å². The van der Waals surface area contributed by atoms with Gasteiger partial charge in [0.25, 0.3) is 0 Å². The molecule has 0 aromatic carbocycles. The minimum Gasteiger partial charge on any atom is -0.492 e. The maximum atomic E-state index is 5.77. The van der Waals surface area contributed by atoms with Crippen LogP contribution in [0.5, 0.6) is 5.75 Å². The van der Waals surface area contributed by atoms with Crippen molar-refractivity contribution in [2.24, 2.45) is 0 Å². The largest absolute Gasteiger partial charge is 0.492 e. The Morgan fingerprint density at radius 2 is 2.00 bits per heavy atom. The lowest BCUT2D eigenvalue weighted by molar-refractivity contribution is 0.0332. The summed E-state index contributed by atoms with van der Waals surface area (Å²) >= 11 is 0. The molecule has 2 unspecified atom stereocenters. The highest BCUT2D eigenvalue weighted by Gasteiger charge is 2.21. The number of nitrogens with zero attached hydrogens (tertiary/aromatic N) is 1. The monoisotopic (exact) mass is 252 g/mol. The van der Waals surface area contributed by atoms with Gasteiger partial charge in [-0.3, -0.25) is 4.98 Å². The van der Waals surface area contributed by atoms with Gasteiger partial charge in [-0.05, 0) is 38.9 Å². The first-order valence-corrected chi connectivity index (χ1v) is 6.63. The van der Waals surface area contributed by atoms with Crippen molar-refractivity contribution in [3.63, 3.8) is 0 Å². The van der Waals surface area contributed by atoms with E-state index >= 15 is 0 Å². The van der Waals surface area contributed by atoms with E-state index in [1.807, 2.05) is 33.2 Å². The molecular weight excluding hydrogens is 228 g/mol. The number of hydrogen-bond donors (Lipinski definition) is 1. The molecule has 4 heteroatoms. The average molecular weight is 252 g/mol. The lowest BCUT2D eigenvalue weighted by Gasteiger charge is -2.26. The highest BCUT2D eigenvalue weighted by molar-refractivity contribution is 5.26. The minimum absolute atomic E-state index is 0.142. The lowest BCUT2D eigenvalue weighted by Crippen LogP contribution is -2.31. The van der Waals surface area contributed by atoms with Crippen molar-refractivity contribution in [1.29, 1.82) is 0 Å². The van der Waals surface area contributed by atoms with E-state index in [1.54, 1.807) is 6.20 Å². The molecule has 0 fully saturated rings. The molecule has 0 spiro atoms. The van der Waals surface area contributed by atoms with Gasteiger partial charge >= 0.3 is 0 Å². The van der Waals surface area contributed by atoms with Crippen molar-refractivity contribution in [3.05, 3.63) is 24.0 Å². The van der Waals surface area contributed by atoms with E-state index in [4.69, 9.17) is 9.47 Å². The van der Waals surface area contributed by atoms with Gasteiger partial charge in [-0.1, -0.05) is 6.92 Å². The van der Waals surface area contributed by atoms with E-state index < -0.39 is 0 Å². The molecule has 1 rings (SSSR count). The second-order valence-electron chi connectivity index (χ2n) is 4.06. The van der Waals surface area contributed by atoms with Crippen LogP contribution in [0.15, 0.2) is 18.5 Å². The lowest BCUT2D eigenvalue weighted by atomic mass is 10.0. The van der Waals surface area contributed by atoms with Crippen LogP contribution in [0.4, 0.5) is 0 Å². The normalized spacial score (nSPS) is 14.2. The van der Waals surface area contributed by atoms with Gasteiger partial charge in [-0.2, -0.15) is 0 Å². The third kappa shape index (κ3) is 3.96. The van der Waals surface area contributed by atoms with Crippen LogP contribution >= 0.6 is 0 Å². The number of likely N-dealkylation sites (N-methyl/N-ethyl adjacent to an activating group) is 1. The fourth-order valence-corrected chi connectivity index (χ4v) is 2.08. The molecule has 0 amide bonds. The number of aromatic nitrogens is 1. The molecule has 0 saturated carbocycles. The van der Waals surface area contributed by atoms with Crippen molar-refractivity contribution in [3.8, 4) is 5.75 Å². The van der Waals surface area contributed by atoms with Gasteiger partial charge in [0.05, 0.1) is 24.9 Å². The molecular formula is C14H24N2O2. The van der Waals surface area contributed by atoms with Gasteiger partial charge in [0.1, 0.15) is 5.75 Å². The van der Waals surface area contributed by atoms with Gasteiger partial charge in [-0.15, -0.1) is 0 Å². The Balaban J connectivity index is 2.89. The van der Waals surface area contributed by atoms with Crippen LogP contribution in [0.1, 0.15) is 38.8 Å². The molecule has 0 bridgehead atoms. The summed E-state index contributed by atoms with van der Waals surface area (Å²) < 4.78 is 11.3. The maximum Gasteiger partial charge on any atom is 0.137 e. The first kappa shape index (κ1) is 14.9. The first-order valence-electron chi connectivity index (χ1n) is 6.63. The summed E-state index contributed by atoms with van der Waals surface area (Å²) in [6, 6.07) is 2.17. The number of ether oxygens (including phenoxy) is 2. The third-order valence-corrected chi connectivity index (χ3v) is 2.87. The molecule has 1 aromatic rings. The van der Waals surface area contributed by atoms with Crippen LogP contribution < -0.4 is 10.1 Å². The maximum absolute atomic E-state index is 5.77. The Bertz CT molecular complexity index is 344. The zero-order valence-electron chi connectivity index (χ0n) is 11.8. The Kier molecular flexibility index (Phi) is 6.68. The molecule has 1 aromatic heterocycles. The van der Waals surface area contributed by atoms with E-state index in [9.17, 15) is 0 Å². The van der Waals surface area contributed by atoms with E-state index in [0.717, 1.165) is 24.3 Å². The Hall–Kier alpha value is -1.13. The molecule has 0 saturated heterocycles. The van der Waals surface area contributed by atoms with Crippen LogP contribution in [0, 0.1) is 0 Å². The van der Waals surface area contributed by atoms with E-state index in [1.165, 1.54) is 0 Å². The average Bonchev–Trinajstić information content (AvgIpc) is 2.39. The summed E-state index contributed by atoms with van der Waals surface area (Å²) in [5.74, 6) is 0.807. The Labute approximate surface area is 110 Å². The van der Waals surface area contributed by atoms with Crippen molar-refractivity contribution in [2.45, 2.75) is 39.3 Å². The minimum atomic E-state index is 0.142. The van der Waals surface area contributed by atoms with E-state index in [-0.39, 0.29) is 12.1 Å². The van der Waals surface area contributed by atoms with Crippen LogP contribution in [0.25, 0.3) is 0 Å². The van der Waals surface area contributed by atoms with Gasteiger partial charge < -0.3 is 14.8 Å². The van der Waals surface area contributed by atoms with Gasteiger partial charge in [-0.25, -0.2) is 0 Å². The van der Waals surface area contributed by atoms with Crippen LogP contribution in [-0.2, 0) is 4.74 Å². The molecule has 1 heterocycles. The molecule has 0 aliphatic rings. The molecule has 0 aliphatic carbocycles. The summed E-state index contributed by atoms with van der Waals surface area (Å²) in [5.41, 5.74) is 1.10. The van der Waals surface area contributed by atoms with Gasteiger partial charge in [0.15, 0.2) is 0 Å². The Morgan fingerprint density at radius 3 is 2.56 bits per heavy atom. The van der Waals surface area contributed by atoms with E-state index in [0.29, 0.717) is 6.61 Å².